The summed E-state index contributed by atoms with van der Waals surface area (Å²) in [6.45, 7) is 3.53. The minimum atomic E-state index is -4.02. The van der Waals surface area contributed by atoms with Crippen LogP contribution in [0, 0.1) is 24.0 Å². The summed E-state index contributed by atoms with van der Waals surface area (Å²) in [5.74, 6) is 0. The Morgan fingerprint density at radius 3 is 2.42 bits per heavy atom. The Morgan fingerprint density at radius 1 is 1.08 bits per heavy atom. The molecule has 0 spiro atoms. The number of hydrogen-bond acceptors (Lipinski definition) is 7. The van der Waals surface area contributed by atoms with Crippen molar-refractivity contribution in [2.45, 2.75) is 18.7 Å². The molecule has 1 heterocycles. The Kier molecular flexibility index (Phi) is 4.70. The van der Waals surface area contributed by atoms with Gasteiger partial charge in [-0.3, -0.25) is 14.8 Å². The number of nitro groups is 1. The molecule has 26 heavy (non-hydrogen) atoms. The monoisotopic (exact) mass is 390 g/mol. The number of anilines is 1. The number of nitrogens with one attached hydrogen (secondary N) is 1. The van der Waals surface area contributed by atoms with Gasteiger partial charge in [0.15, 0.2) is 0 Å². The van der Waals surface area contributed by atoms with Crippen LogP contribution in [0.25, 0.3) is 10.6 Å². The summed E-state index contributed by atoms with van der Waals surface area (Å²) in [6, 6.07) is 11.3. The number of nitrogens with zero attached hydrogens (tertiary/aromatic N) is 3. The molecule has 0 aliphatic carbocycles. The Labute approximate surface area is 153 Å². The Balaban J connectivity index is 1.90. The van der Waals surface area contributed by atoms with Crippen LogP contribution in [-0.2, 0) is 10.0 Å². The van der Waals surface area contributed by atoms with Crippen LogP contribution < -0.4 is 4.72 Å². The first kappa shape index (κ1) is 18.0. The second-order valence-corrected chi connectivity index (χ2v) is 8.22. The van der Waals surface area contributed by atoms with E-state index in [2.05, 4.69) is 14.9 Å². The molecule has 0 saturated heterocycles. The molecule has 0 unspecified atom stereocenters. The van der Waals surface area contributed by atoms with Crippen LogP contribution in [0.2, 0.25) is 0 Å². The third kappa shape index (κ3) is 3.70. The predicted molar refractivity (Wildman–Crippen MR) is 98.7 cm³/mol. The highest BCUT2D eigenvalue weighted by molar-refractivity contribution is 7.93. The number of aromatic nitrogens is 2. The van der Waals surface area contributed by atoms with Gasteiger partial charge < -0.3 is 0 Å². The molecule has 3 rings (SSSR count). The van der Waals surface area contributed by atoms with E-state index in [1.807, 2.05) is 31.2 Å². The lowest BCUT2D eigenvalue weighted by molar-refractivity contribution is -0.385. The molecule has 0 atom stereocenters. The first-order valence-electron chi connectivity index (χ1n) is 7.45. The van der Waals surface area contributed by atoms with Gasteiger partial charge in [0.25, 0.3) is 15.7 Å². The Bertz CT molecular complexity index is 1080. The number of sulfonamides is 1. The molecule has 3 aromatic rings. The fraction of sp³-hybridized carbons (Fsp3) is 0.125. The zero-order valence-electron chi connectivity index (χ0n) is 13.8. The fourth-order valence-corrected chi connectivity index (χ4v) is 4.48. The molecule has 0 aliphatic rings. The van der Waals surface area contributed by atoms with Gasteiger partial charge in [-0.1, -0.05) is 47.2 Å². The first-order valence-corrected chi connectivity index (χ1v) is 9.74. The summed E-state index contributed by atoms with van der Waals surface area (Å²) < 4.78 is 27.5. The highest BCUT2D eigenvalue weighted by Gasteiger charge is 2.22. The largest absolute Gasteiger partial charge is 0.270 e. The van der Waals surface area contributed by atoms with Crippen molar-refractivity contribution < 1.29 is 13.3 Å². The summed E-state index contributed by atoms with van der Waals surface area (Å²) in [6.07, 6.45) is 0. The lowest BCUT2D eigenvalue weighted by atomic mass is 10.2. The van der Waals surface area contributed by atoms with Crippen LogP contribution in [0.5, 0.6) is 0 Å². The van der Waals surface area contributed by atoms with E-state index in [4.69, 9.17) is 0 Å². The number of rotatable bonds is 5. The van der Waals surface area contributed by atoms with Gasteiger partial charge in [0.2, 0.25) is 5.13 Å². The quantitative estimate of drug-likeness (QED) is 0.526. The normalized spacial score (nSPS) is 11.3. The summed E-state index contributed by atoms with van der Waals surface area (Å²) >= 11 is 1.08. The van der Waals surface area contributed by atoms with Gasteiger partial charge >= 0.3 is 0 Å². The fourth-order valence-electron chi connectivity index (χ4n) is 2.24. The van der Waals surface area contributed by atoms with Crippen molar-refractivity contribution in [2.24, 2.45) is 0 Å². The van der Waals surface area contributed by atoms with E-state index in [0.717, 1.165) is 28.5 Å². The second kappa shape index (κ2) is 6.81. The Hall–Kier alpha value is -2.85. The topological polar surface area (TPSA) is 115 Å². The summed E-state index contributed by atoms with van der Waals surface area (Å²) in [5, 5.41) is 19.4. The van der Waals surface area contributed by atoms with Crippen LogP contribution in [0.15, 0.2) is 47.4 Å². The molecule has 1 aromatic heterocycles. The lowest BCUT2D eigenvalue weighted by Gasteiger charge is -2.07. The SMILES string of the molecule is Cc1ccc(-c2nnc(NS(=O)(=O)c3cc([N+](=O)[O-])ccc3C)s2)cc1. The van der Waals surface area contributed by atoms with E-state index >= 15 is 0 Å². The van der Waals surface area contributed by atoms with Crippen molar-refractivity contribution in [3.05, 3.63) is 63.7 Å². The second-order valence-electron chi connectivity index (χ2n) is 5.59. The molecule has 8 nitrogen and oxygen atoms in total. The predicted octanol–water partition coefficient (Wildman–Crippen LogP) is 3.53. The van der Waals surface area contributed by atoms with Crippen LogP contribution in [0.1, 0.15) is 11.1 Å². The maximum atomic E-state index is 12.6. The molecule has 0 amide bonds. The number of aryl methyl sites for hydroxylation is 2. The first-order chi connectivity index (χ1) is 12.3. The van der Waals surface area contributed by atoms with E-state index in [9.17, 15) is 18.5 Å². The number of benzene rings is 2. The molecule has 0 saturated carbocycles. The van der Waals surface area contributed by atoms with Crippen LogP contribution in [0.3, 0.4) is 0 Å². The van der Waals surface area contributed by atoms with E-state index in [-0.39, 0.29) is 15.7 Å². The van der Waals surface area contributed by atoms with Gasteiger partial charge in [0.05, 0.1) is 9.82 Å². The molecular weight excluding hydrogens is 376 g/mol. The van der Waals surface area contributed by atoms with E-state index < -0.39 is 14.9 Å². The molecule has 2 aromatic carbocycles. The lowest BCUT2D eigenvalue weighted by Crippen LogP contribution is -2.14. The summed E-state index contributed by atoms with van der Waals surface area (Å²) in [7, 11) is -4.02. The number of hydrogen-bond donors (Lipinski definition) is 1. The van der Waals surface area contributed by atoms with Crippen LogP contribution >= 0.6 is 11.3 Å². The molecular formula is C16H14N4O4S2. The van der Waals surface area contributed by atoms with Gasteiger partial charge in [-0.2, -0.15) is 0 Å². The highest BCUT2D eigenvalue weighted by atomic mass is 32.2. The molecule has 0 bridgehead atoms. The van der Waals surface area contributed by atoms with Gasteiger partial charge in [0.1, 0.15) is 5.01 Å². The standard InChI is InChI=1S/C16H14N4O4S2/c1-10-3-6-12(7-4-10)15-17-18-16(25-15)19-26(23,24)14-9-13(20(21)22)8-5-11(14)2/h3-9H,1-2H3,(H,18,19). The molecule has 0 fully saturated rings. The van der Waals surface area contributed by atoms with Crippen molar-refractivity contribution in [3.8, 4) is 10.6 Å². The average Bonchev–Trinajstić information content (AvgIpc) is 3.03. The molecule has 0 radical (unpaired) electrons. The summed E-state index contributed by atoms with van der Waals surface area (Å²) in [5.41, 5.74) is 2.02. The number of nitro benzene ring substituents is 1. The molecule has 134 valence electrons. The third-order valence-corrected chi connectivity index (χ3v) is 6.12. The molecule has 0 aliphatic heterocycles. The van der Waals surface area contributed by atoms with Crippen molar-refractivity contribution in [3.63, 3.8) is 0 Å². The van der Waals surface area contributed by atoms with Crippen molar-refractivity contribution in [1.82, 2.24) is 10.2 Å². The van der Waals surface area contributed by atoms with Crippen LogP contribution in [0.4, 0.5) is 10.8 Å². The molecule has 10 heteroatoms. The minimum Gasteiger partial charge on any atom is -0.258 e. The van der Waals surface area contributed by atoms with Gasteiger partial charge in [-0.05, 0) is 19.4 Å². The average molecular weight is 390 g/mol. The highest BCUT2D eigenvalue weighted by Crippen LogP contribution is 2.29. The van der Waals surface area contributed by atoms with E-state index in [1.54, 1.807) is 6.92 Å². The van der Waals surface area contributed by atoms with Gasteiger partial charge in [0, 0.05) is 17.7 Å². The minimum absolute atomic E-state index is 0.0893. The summed E-state index contributed by atoms with van der Waals surface area (Å²) in [4.78, 5) is 10.1. The maximum absolute atomic E-state index is 12.6. The smallest absolute Gasteiger partial charge is 0.258 e. The van der Waals surface area contributed by atoms with Crippen molar-refractivity contribution >= 4 is 32.2 Å². The van der Waals surface area contributed by atoms with Gasteiger partial charge in [-0.15, -0.1) is 10.2 Å². The zero-order chi connectivity index (χ0) is 18.9. The number of non-ortho nitro benzene ring substituents is 1. The van der Waals surface area contributed by atoms with E-state index in [0.29, 0.717) is 10.6 Å². The Morgan fingerprint density at radius 2 is 1.77 bits per heavy atom. The third-order valence-electron chi connectivity index (χ3n) is 3.62. The van der Waals surface area contributed by atoms with Crippen LogP contribution in [-0.4, -0.2) is 23.5 Å². The maximum Gasteiger partial charge on any atom is 0.270 e. The van der Waals surface area contributed by atoms with Crippen molar-refractivity contribution in [1.29, 1.82) is 0 Å². The van der Waals surface area contributed by atoms with E-state index in [1.165, 1.54) is 12.1 Å². The molecule has 1 N–H and O–H groups in total. The van der Waals surface area contributed by atoms with Gasteiger partial charge in [-0.25, -0.2) is 8.42 Å². The zero-order valence-corrected chi connectivity index (χ0v) is 15.5. The van der Waals surface area contributed by atoms with Crippen molar-refractivity contribution in [2.75, 3.05) is 4.72 Å².